The predicted octanol–water partition coefficient (Wildman–Crippen LogP) is 3.82. The standard InChI is InChI=1S/C17H35NO2.CH3B/c1-13(2)15(19)17(7,8)12-20-11-16(5,6)10-18(9)14(3)4;1-2/h13-14H,10-12H2,1-9H3;1H3. The van der Waals surface area contributed by atoms with Crippen LogP contribution in [0, 0.1) is 16.7 Å². The molecule has 0 rings (SSSR count). The topological polar surface area (TPSA) is 29.5 Å². The average Bonchev–Trinajstić information content (AvgIpc) is 2.38. The highest BCUT2D eigenvalue weighted by atomic mass is 16.5. The molecule has 3 nitrogen and oxygen atoms in total. The number of ether oxygens (including phenoxy) is 1. The summed E-state index contributed by atoms with van der Waals surface area (Å²) >= 11 is 0. The fourth-order valence-corrected chi connectivity index (χ4v) is 2.34. The monoisotopic (exact) mass is 311 g/mol. The van der Waals surface area contributed by atoms with Gasteiger partial charge in [-0.3, -0.25) is 4.79 Å². The maximum Gasteiger partial charge on any atom is 0.143 e. The molecule has 0 spiro atoms. The summed E-state index contributed by atoms with van der Waals surface area (Å²) < 4.78 is 5.87. The first-order chi connectivity index (χ1) is 9.89. The number of carbonyl (C=O) groups excluding carboxylic acids is 1. The molecule has 0 unspecified atom stereocenters. The van der Waals surface area contributed by atoms with Crippen molar-refractivity contribution in [3.8, 4) is 0 Å². The van der Waals surface area contributed by atoms with Crippen LogP contribution in [0.1, 0.15) is 55.4 Å². The highest BCUT2D eigenvalue weighted by molar-refractivity contribution is 6.05. The van der Waals surface area contributed by atoms with Gasteiger partial charge >= 0.3 is 0 Å². The van der Waals surface area contributed by atoms with Crippen LogP contribution in [-0.2, 0) is 9.53 Å². The molecule has 0 N–H and O–H groups in total. The molecule has 0 aromatic carbocycles. The van der Waals surface area contributed by atoms with E-state index in [9.17, 15) is 4.79 Å². The third-order valence-electron chi connectivity index (χ3n) is 3.71. The van der Waals surface area contributed by atoms with E-state index in [0.717, 1.165) is 6.54 Å². The van der Waals surface area contributed by atoms with Crippen LogP contribution in [0.5, 0.6) is 0 Å². The Bertz CT molecular complexity index is 312. The van der Waals surface area contributed by atoms with Gasteiger partial charge in [-0.2, -0.15) is 0 Å². The third-order valence-corrected chi connectivity index (χ3v) is 3.71. The molecule has 0 aliphatic carbocycles. The molecular formula is C18H38BNO2. The Morgan fingerprint density at radius 2 is 1.50 bits per heavy atom. The summed E-state index contributed by atoms with van der Waals surface area (Å²) in [5.74, 6) is 0.336. The molecule has 0 bridgehead atoms. The number of ketones is 1. The van der Waals surface area contributed by atoms with Crippen molar-refractivity contribution < 1.29 is 9.53 Å². The van der Waals surface area contributed by atoms with Crippen molar-refractivity contribution in [3.05, 3.63) is 0 Å². The third kappa shape index (κ3) is 9.63. The second-order valence-electron chi connectivity index (χ2n) is 8.07. The van der Waals surface area contributed by atoms with Crippen LogP contribution in [0.2, 0.25) is 6.82 Å². The summed E-state index contributed by atoms with van der Waals surface area (Å²) in [6.45, 7) is 20.3. The van der Waals surface area contributed by atoms with Crippen molar-refractivity contribution in [2.24, 2.45) is 16.7 Å². The minimum atomic E-state index is -0.395. The Hall–Kier alpha value is -0.345. The lowest BCUT2D eigenvalue weighted by molar-refractivity contribution is -0.134. The van der Waals surface area contributed by atoms with Crippen LogP contribution in [0.3, 0.4) is 0 Å². The van der Waals surface area contributed by atoms with Crippen molar-refractivity contribution >= 4 is 13.6 Å². The summed E-state index contributed by atoms with van der Waals surface area (Å²) in [6.07, 6.45) is 0. The van der Waals surface area contributed by atoms with Gasteiger partial charge in [-0.1, -0.05) is 48.4 Å². The van der Waals surface area contributed by atoms with Gasteiger partial charge in [-0.05, 0) is 20.9 Å². The summed E-state index contributed by atoms with van der Waals surface area (Å²) in [5.41, 5.74) is -0.301. The second kappa shape index (κ2) is 10.4. The van der Waals surface area contributed by atoms with Gasteiger partial charge in [0, 0.05) is 29.3 Å². The Balaban J connectivity index is 0. The van der Waals surface area contributed by atoms with E-state index < -0.39 is 5.41 Å². The molecular weight excluding hydrogens is 273 g/mol. The molecule has 4 heteroatoms. The van der Waals surface area contributed by atoms with Gasteiger partial charge in [0.05, 0.1) is 21.1 Å². The van der Waals surface area contributed by atoms with Crippen LogP contribution in [0.25, 0.3) is 0 Å². The molecule has 130 valence electrons. The van der Waals surface area contributed by atoms with E-state index in [2.05, 4.69) is 47.5 Å². The van der Waals surface area contributed by atoms with Gasteiger partial charge in [0.15, 0.2) is 0 Å². The molecule has 0 atom stereocenters. The first-order valence-electron chi connectivity index (χ1n) is 8.29. The number of hydrogen-bond donors (Lipinski definition) is 0. The zero-order valence-electron chi connectivity index (χ0n) is 16.6. The first-order valence-corrected chi connectivity index (χ1v) is 8.29. The molecule has 0 saturated carbocycles. The summed E-state index contributed by atoms with van der Waals surface area (Å²) in [6, 6.07) is 0.535. The zero-order chi connectivity index (χ0) is 18.1. The van der Waals surface area contributed by atoms with Crippen LogP contribution >= 0.6 is 0 Å². The lowest BCUT2D eigenvalue weighted by atomic mass is 9.83. The molecule has 0 aromatic heterocycles. The van der Waals surface area contributed by atoms with Crippen molar-refractivity contribution in [2.45, 2.75) is 68.3 Å². The van der Waals surface area contributed by atoms with E-state index in [1.807, 2.05) is 27.7 Å². The number of hydrogen-bond acceptors (Lipinski definition) is 3. The number of Topliss-reactive ketones (excluding diaryl/α,β-unsaturated/α-hetero) is 1. The highest BCUT2D eigenvalue weighted by Gasteiger charge is 2.31. The van der Waals surface area contributed by atoms with Gasteiger partial charge in [-0.25, -0.2) is 0 Å². The summed E-state index contributed by atoms with van der Waals surface area (Å²) in [4.78, 5) is 14.4. The second-order valence-corrected chi connectivity index (χ2v) is 8.07. The van der Waals surface area contributed by atoms with Crippen molar-refractivity contribution in [1.82, 2.24) is 4.90 Å². The summed E-state index contributed by atoms with van der Waals surface area (Å²) in [5, 5.41) is 0. The van der Waals surface area contributed by atoms with Crippen molar-refractivity contribution in [3.63, 3.8) is 0 Å². The van der Waals surface area contributed by atoms with Crippen molar-refractivity contribution in [1.29, 1.82) is 0 Å². The summed E-state index contributed by atoms with van der Waals surface area (Å²) in [7, 11) is 6.64. The molecule has 0 fully saturated rings. The van der Waals surface area contributed by atoms with Crippen LogP contribution in [0.15, 0.2) is 0 Å². The minimum absolute atomic E-state index is 0.0636. The van der Waals surface area contributed by atoms with E-state index in [0.29, 0.717) is 19.3 Å². The average molecular weight is 311 g/mol. The highest BCUT2D eigenvalue weighted by Crippen LogP contribution is 2.24. The molecule has 0 saturated heterocycles. The Kier molecular flexibility index (Phi) is 11.3. The number of rotatable bonds is 9. The van der Waals surface area contributed by atoms with Gasteiger partial charge in [0.25, 0.3) is 0 Å². The largest absolute Gasteiger partial charge is 0.380 e. The van der Waals surface area contributed by atoms with E-state index in [4.69, 9.17) is 4.74 Å². The van der Waals surface area contributed by atoms with E-state index in [-0.39, 0.29) is 17.1 Å². The molecule has 0 aliphatic rings. The van der Waals surface area contributed by atoms with E-state index >= 15 is 0 Å². The molecule has 0 amide bonds. The van der Waals surface area contributed by atoms with Gasteiger partial charge in [-0.15, -0.1) is 0 Å². The molecule has 2 radical (unpaired) electrons. The quantitative estimate of drug-likeness (QED) is 0.606. The smallest absolute Gasteiger partial charge is 0.143 e. The normalized spacial score (nSPS) is 12.6. The first kappa shape index (κ1) is 23.9. The molecule has 22 heavy (non-hydrogen) atoms. The molecule has 0 heterocycles. The SMILES string of the molecule is CC(C)C(=O)C(C)(C)COCC(C)(C)CN(C)C(C)C.[B]C. The number of carbonyl (C=O) groups is 1. The fourth-order valence-electron chi connectivity index (χ4n) is 2.34. The zero-order valence-corrected chi connectivity index (χ0v) is 16.6. The number of nitrogens with zero attached hydrogens (tertiary/aromatic N) is 1. The van der Waals surface area contributed by atoms with Gasteiger partial charge in [0.2, 0.25) is 0 Å². The van der Waals surface area contributed by atoms with E-state index in [1.54, 1.807) is 0 Å². The van der Waals surface area contributed by atoms with Crippen molar-refractivity contribution in [2.75, 3.05) is 26.8 Å². The fraction of sp³-hybridized carbons (Fsp3) is 0.944. The molecule has 0 aromatic rings. The minimum Gasteiger partial charge on any atom is -0.380 e. The Morgan fingerprint density at radius 3 is 1.86 bits per heavy atom. The van der Waals surface area contributed by atoms with Gasteiger partial charge in [0.1, 0.15) is 5.78 Å². The maximum absolute atomic E-state index is 12.1. The van der Waals surface area contributed by atoms with E-state index in [1.165, 1.54) is 6.82 Å². The lowest BCUT2D eigenvalue weighted by Gasteiger charge is -2.33. The van der Waals surface area contributed by atoms with Crippen LogP contribution in [0.4, 0.5) is 0 Å². The Morgan fingerprint density at radius 1 is 1.05 bits per heavy atom. The maximum atomic E-state index is 12.1. The predicted molar refractivity (Wildman–Crippen MR) is 97.6 cm³/mol. The van der Waals surface area contributed by atoms with Gasteiger partial charge < -0.3 is 9.64 Å². The lowest BCUT2D eigenvalue weighted by Crippen LogP contribution is -2.40. The molecule has 0 aliphatic heterocycles. The van der Waals surface area contributed by atoms with Crippen LogP contribution in [-0.4, -0.2) is 51.4 Å². The van der Waals surface area contributed by atoms with Crippen LogP contribution < -0.4 is 0 Å². The Labute approximate surface area is 140 Å².